The van der Waals surface area contributed by atoms with Crippen LogP contribution in [-0.2, 0) is 5.75 Å². The standard InChI is InChI=1S/C18H12BrFN4OS/c19-12-7-6-11(15(20)8-12)10-26-18-22-16-14(17(25)23-18)9-21-24(16)13-4-2-1-3-5-13/h1-9H,10H2,(H,22,23,25). The van der Waals surface area contributed by atoms with Crippen LogP contribution in [0.25, 0.3) is 16.7 Å². The highest BCUT2D eigenvalue weighted by molar-refractivity contribution is 9.10. The van der Waals surface area contributed by atoms with Crippen LogP contribution in [0, 0.1) is 5.82 Å². The molecule has 0 radical (unpaired) electrons. The summed E-state index contributed by atoms with van der Waals surface area (Å²) in [7, 11) is 0. The van der Waals surface area contributed by atoms with Crippen molar-refractivity contribution in [3.05, 3.63) is 80.9 Å². The Labute approximate surface area is 160 Å². The fraction of sp³-hybridized carbons (Fsp3) is 0.0556. The van der Waals surface area contributed by atoms with E-state index in [1.807, 2.05) is 30.3 Å². The van der Waals surface area contributed by atoms with Gasteiger partial charge in [-0.05, 0) is 29.8 Å². The quantitative estimate of drug-likeness (QED) is 0.387. The van der Waals surface area contributed by atoms with Crippen LogP contribution in [-0.4, -0.2) is 19.7 Å². The van der Waals surface area contributed by atoms with Gasteiger partial charge < -0.3 is 4.98 Å². The summed E-state index contributed by atoms with van der Waals surface area (Å²) in [5, 5.41) is 5.10. The maximum absolute atomic E-state index is 14.0. The molecule has 0 atom stereocenters. The number of hydrogen-bond donors (Lipinski definition) is 1. The number of fused-ring (bicyclic) bond motifs is 1. The number of halogens is 2. The van der Waals surface area contributed by atoms with Gasteiger partial charge in [0, 0.05) is 10.2 Å². The van der Waals surface area contributed by atoms with Crippen LogP contribution < -0.4 is 5.56 Å². The van der Waals surface area contributed by atoms with Crippen molar-refractivity contribution < 1.29 is 4.39 Å². The van der Waals surface area contributed by atoms with E-state index >= 15 is 0 Å². The van der Waals surface area contributed by atoms with Gasteiger partial charge in [-0.3, -0.25) is 4.79 Å². The van der Waals surface area contributed by atoms with Crippen molar-refractivity contribution in [2.75, 3.05) is 0 Å². The van der Waals surface area contributed by atoms with E-state index in [9.17, 15) is 9.18 Å². The van der Waals surface area contributed by atoms with Gasteiger partial charge in [-0.2, -0.15) is 5.10 Å². The molecular weight excluding hydrogens is 419 g/mol. The highest BCUT2D eigenvalue weighted by Gasteiger charge is 2.12. The topological polar surface area (TPSA) is 63.6 Å². The highest BCUT2D eigenvalue weighted by atomic mass is 79.9. The monoisotopic (exact) mass is 430 g/mol. The molecule has 0 aliphatic rings. The van der Waals surface area contributed by atoms with Gasteiger partial charge in [0.1, 0.15) is 11.2 Å². The predicted octanol–water partition coefficient (Wildman–Crippen LogP) is 4.30. The first-order valence-corrected chi connectivity index (χ1v) is 9.50. The van der Waals surface area contributed by atoms with Gasteiger partial charge in [-0.15, -0.1) is 0 Å². The third-order valence-corrected chi connectivity index (χ3v) is 5.21. The van der Waals surface area contributed by atoms with E-state index in [1.54, 1.807) is 16.8 Å². The van der Waals surface area contributed by atoms with Crippen LogP contribution in [0.3, 0.4) is 0 Å². The van der Waals surface area contributed by atoms with E-state index in [2.05, 4.69) is 31.0 Å². The highest BCUT2D eigenvalue weighted by Crippen LogP contribution is 2.24. The second-order valence-electron chi connectivity index (χ2n) is 5.52. The molecule has 0 bridgehead atoms. The molecule has 0 saturated heterocycles. The van der Waals surface area contributed by atoms with Gasteiger partial charge in [0.05, 0.1) is 11.9 Å². The zero-order chi connectivity index (χ0) is 18.1. The van der Waals surface area contributed by atoms with E-state index in [0.717, 1.165) is 5.69 Å². The largest absolute Gasteiger partial charge is 0.301 e. The molecule has 0 amide bonds. The van der Waals surface area contributed by atoms with Crippen LogP contribution >= 0.6 is 27.7 Å². The second kappa shape index (κ2) is 7.05. The Morgan fingerprint density at radius 1 is 1.19 bits per heavy atom. The third-order valence-electron chi connectivity index (χ3n) is 3.80. The van der Waals surface area contributed by atoms with Gasteiger partial charge in [0.15, 0.2) is 10.8 Å². The van der Waals surface area contributed by atoms with Gasteiger partial charge >= 0.3 is 0 Å². The second-order valence-corrected chi connectivity index (χ2v) is 7.40. The van der Waals surface area contributed by atoms with Crippen molar-refractivity contribution >= 4 is 38.7 Å². The van der Waals surface area contributed by atoms with E-state index in [-0.39, 0.29) is 11.4 Å². The summed E-state index contributed by atoms with van der Waals surface area (Å²) in [6.07, 6.45) is 1.50. The van der Waals surface area contributed by atoms with Gasteiger partial charge in [0.25, 0.3) is 5.56 Å². The lowest BCUT2D eigenvalue weighted by Crippen LogP contribution is -2.09. The SMILES string of the molecule is O=c1[nH]c(SCc2ccc(Br)cc2F)nc2c1cnn2-c1ccccc1. The normalized spacial score (nSPS) is 11.2. The maximum Gasteiger partial charge on any atom is 0.262 e. The number of benzene rings is 2. The van der Waals surface area contributed by atoms with E-state index in [0.29, 0.717) is 32.0 Å². The lowest BCUT2D eigenvalue weighted by molar-refractivity contribution is 0.616. The van der Waals surface area contributed by atoms with E-state index in [1.165, 1.54) is 24.0 Å². The summed E-state index contributed by atoms with van der Waals surface area (Å²) in [5.74, 6) is 0.0529. The fourth-order valence-electron chi connectivity index (χ4n) is 2.51. The van der Waals surface area contributed by atoms with Crippen molar-refractivity contribution in [1.82, 2.24) is 19.7 Å². The van der Waals surface area contributed by atoms with Crippen molar-refractivity contribution in [2.24, 2.45) is 0 Å². The number of nitrogens with one attached hydrogen (secondary N) is 1. The molecule has 5 nitrogen and oxygen atoms in total. The first-order valence-electron chi connectivity index (χ1n) is 7.72. The van der Waals surface area contributed by atoms with Crippen LogP contribution in [0.2, 0.25) is 0 Å². The van der Waals surface area contributed by atoms with Crippen LogP contribution in [0.15, 0.2) is 69.2 Å². The molecule has 130 valence electrons. The summed E-state index contributed by atoms with van der Waals surface area (Å²) in [6.45, 7) is 0. The number of aromatic nitrogens is 4. The molecule has 4 aromatic rings. The maximum atomic E-state index is 14.0. The molecule has 2 aromatic carbocycles. The molecule has 4 rings (SSSR count). The Morgan fingerprint density at radius 2 is 2.00 bits per heavy atom. The lowest BCUT2D eigenvalue weighted by Gasteiger charge is -2.05. The molecule has 8 heteroatoms. The number of para-hydroxylation sites is 1. The van der Waals surface area contributed by atoms with Gasteiger partial charge in [-0.25, -0.2) is 14.1 Å². The summed E-state index contributed by atoms with van der Waals surface area (Å²) in [5.41, 5.74) is 1.56. The number of thioether (sulfide) groups is 1. The number of rotatable bonds is 4. The lowest BCUT2D eigenvalue weighted by atomic mass is 10.2. The zero-order valence-corrected chi connectivity index (χ0v) is 15.7. The summed E-state index contributed by atoms with van der Waals surface area (Å²) >= 11 is 4.51. The number of nitrogens with zero attached hydrogens (tertiary/aromatic N) is 3. The fourth-order valence-corrected chi connectivity index (χ4v) is 3.69. The molecule has 1 N–H and O–H groups in total. The van der Waals surface area contributed by atoms with Crippen molar-refractivity contribution in [1.29, 1.82) is 0 Å². The van der Waals surface area contributed by atoms with E-state index < -0.39 is 0 Å². The Hall–Kier alpha value is -2.45. The van der Waals surface area contributed by atoms with Crippen molar-refractivity contribution in [3.8, 4) is 5.69 Å². The average Bonchev–Trinajstić information content (AvgIpc) is 3.06. The smallest absolute Gasteiger partial charge is 0.262 e. The Morgan fingerprint density at radius 3 is 2.77 bits per heavy atom. The molecular formula is C18H12BrFN4OS. The molecule has 0 aliphatic carbocycles. The molecule has 0 unspecified atom stereocenters. The average molecular weight is 431 g/mol. The first kappa shape index (κ1) is 17.0. The Bertz CT molecular complexity index is 1140. The van der Waals surface area contributed by atoms with Crippen molar-refractivity contribution in [3.63, 3.8) is 0 Å². The zero-order valence-electron chi connectivity index (χ0n) is 13.3. The molecule has 26 heavy (non-hydrogen) atoms. The van der Waals surface area contributed by atoms with Gasteiger partial charge in [-0.1, -0.05) is 52.0 Å². The summed E-state index contributed by atoms with van der Waals surface area (Å²) < 4.78 is 16.3. The summed E-state index contributed by atoms with van der Waals surface area (Å²) in [6, 6.07) is 14.4. The number of aromatic amines is 1. The summed E-state index contributed by atoms with van der Waals surface area (Å²) in [4.78, 5) is 19.6. The molecule has 0 fully saturated rings. The predicted molar refractivity (Wildman–Crippen MR) is 103 cm³/mol. The Balaban J connectivity index is 1.69. The van der Waals surface area contributed by atoms with Crippen LogP contribution in [0.4, 0.5) is 4.39 Å². The molecule has 0 saturated carbocycles. The Kier molecular flexibility index (Phi) is 4.60. The van der Waals surface area contributed by atoms with E-state index in [4.69, 9.17) is 0 Å². The van der Waals surface area contributed by atoms with Crippen LogP contribution in [0.1, 0.15) is 5.56 Å². The third kappa shape index (κ3) is 3.30. The molecule has 2 aromatic heterocycles. The molecule has 0 spiro atoms. The van der Waals surface area contributed by atoms with Crippen molar-refractivity contribution in [2.45, 2.75) is 10.9 Å². The van der Waals surface area contributed by atoms with Gasteiger partial charge in [0.2, 0.25) is 0 Å². The first-order chi connectivity index (χ1) is 12.6. The number of H-pyrrole nitrogens is 1. The molecule has 0 aliphatic heterocycles. The minimum Gasteiger partial charge on any atom is -0.301 e. The minimum atomic E-state index is -0.301. The van der Waals surface area contributed by atoms with Crippen LogP contribution in [0.5, 0.6) is 0 Å². The minimum absolute atomic E-state index is 0.268. The number of hydrogen-bond acceptors (Lipinski definition) is 4. The molecule has 2 heterocycles.